The van der Waals surface area contributed by atoms with Gasteiger partial charge in [0.25, 0.3) is 0 Å². The van der Waals surface area contributed by atoms with Crippen molar-refractivity contribution >= 4 is 5.97 Å². The molecule has 0 aromatic heterocycles. The van der Waals surface area contributed by atoms with Crippen LogP contribution in [0.25, 0.3) is 0 Å². The van der Waals surface area contributed by atoms with Gasteiger partial charge in [0.05, 0.1) is 0 Å². The van der Waals surface area contributed by atoms with E-state index in [-0.39, 0.29) is 5.97 Å². The number of rotatable bonds is 3. The Morgan fingerprint density at radius 1 is 1.14 bits per heavy atom. The summed E-state index contributed by atoms with van der Waals surface area (Å²) in [7, 11) is 0. The van der Waals surface area contributed by atoms with Gasteiger partial charge in [0.15, 0.2) is 0 Å². The summed E-state index contributed by atoms with van der Waals surface area (Å²) in [6.07, 6.45) is 3.55. The molecule has 1 heterocycles. The molecular weight excluding hydrogens is 176 g/mol. The average molecular weight is 188 g/mol. The minimum Gasteiger partial charge on any atom is -0.458 e. The summed E-state index contributed by atoms with van der Waals surface area (Å²) in [5.74, 6) is -0.152. The van der Waals surface area contributed by atoms with Crippen LogP contribution >= 0.6 is 0 Å². The van der Waals surface area contributed by atoms with Crippen molar-refractivity contribution in [3.63, 3.8) is 0 Å². The summed E-state index contributed by atoms with van der Waals surface area (Å²) in [4.78, 5) is 11.1. The van der Waals surface area contributed by atoms with Gasteiger partial charge < -0.3 is 4.74 Å². The Balaban J connectivity index is 1.92. The first kappa shape index (κ1) is 9.00. The van der Waals surface area contributed by atoms with E-state index in [1.54, 1.807) is 0 Å². The Labute approximate surface area is 83.2 Å². The molecule has 2 nitrogen and oxygen atoms in total. The number of cyclic esters (lactones) is 1. The SMILES string of the molecule is O=C1OCC=C1CCc1ccccc1. The molecule has 1 aliphatic rings. The van der Waals surface area contributed by atoms with Crippen molar-refractivity contribution in [3.05, 3.63) is 47.5 Å². The number of esters is 1. The number of aryl methyl sites for hydroxylation is 1. The van der Waals surface area contributed by atoms with Gasteiger partial charge in [-0.15, -0.1) is 0 Å². The van der Waals surface area contributed by atoms with Gasteiger partial charge >= 0.3 is 5.97 Å². The molecule has 1 aromatic rings. The lowest BCUT2D eigenvalue weighted by Gasteiger charge is -2.00. The topological polar surface area (TPSA) is 26.3 Å². The Kier molecular flexibility index (Phi) is 2.63. The van der Waals surface area contributed by atoms with E-state index in [1.807, 2.05) is 24.3 Å². The van der Waals surface area contributed by atoms with Gasteiger partial charge in [-0.3, -0.25) is 0 Å². The lowest BCUT2D eigenvalue weighted by molar-refractivity contribution is -0.136. The maximum Gasteiger partial charge on any atom is 0.334 e. The van der Waals surface area contributed by atoms with E-state index >= 15 is 0 Å². The largest absolute Gasteiger partial charge is 0.458 e. The van der Waals surface area contributed by atoms with Crippen LogP contribution in [-0.2, 0) is 16.0 Å². The van der Waals surface area contributed by atoms with Gasteiger partial charge in [-0.1, -0.05) is 30.3 Å². The van der Waals surface area contributed by atoms with Crippen LogP contribution in [-0.4, -0.2) is 12.6 Å². The van der Waals surface area contributed by atoms with E-state index in [2.05, 4.69) is 12.1 Å². The third-order valence-electron chi connectivity index (χ3n) is 2.33. The molecule has 72 valence electrons. The molecule has 0 unspecified atom stereocenters. The number of hydrogen-bond donors (Lipinski definition) is 0. The molecule has 0 saturated heterocycles. The fourth-order valence-electron chi connectivity index (χ4n) is 1.52. The monoisotopic (exact) mass is 188 g/mol. The second kappa shape index (κ2) is 4.09. The zero-order valence-corrected chi connectivity index (χ0v) is 7.90. The molecule has 0 saturated carbocycles. The maximum atomic E-state index is 11.1. The summed E-state index contributed by atoms with van der Waals surface area (Å²) in [5.41, 5.74) is 2.07. The van der Waals surface area contributed by atoms with E-state index in [0.717, 1.165) is 18.4 Å². The number of carbonyl (C=O) groups is 1. The van der Waals surface area contributed by atoms with E-state index in [1.165, 1.54) is 5.56 Å². The minimum atomic E-state index is -0.152. The minimum absolute atomic E-state index is 0.152. The summed E-state index contributed by atoms with van der Waals surface area (Å²) < 4.78 is 4.82. The van der Waals surface area contributed by atoms with Crippen molar-refractivity contribution in [2.75, 3.05) is 6.61 Å². The molecule has 2 heteroatoms. The number of ether oxygens (including phenoxy) is 1. The van der Waals surface area contributed by atoms with Crippen LogP contribution in [0.1, 0.15) is 12.0 Å². The molecule has 1 aliphatic heterocycles. The van der Waals surface area contributed by atoms with Crippen LogP contribution in [0.2, 0.25) is 0 Å². The third-order valence-corrected chi connectivity index (χ3v) is 2.33. The maximum absolute atomic E-state index is 11.1. The van der Waals surface area contributed by atoms with Gasteiger partial charge in [-0.05, 0) is 24.5 Å². The van der Waals surface area contributed by atoms with Gasteiger partial charge in [0.1, 0.15) is 6.61 Å². The van der Waals surface area contributed by atoms with Gasteiger partial charge in [0, 0.05) is 5.57 Å². The predicted octanol–water partition coefficient (Wildman–Crippen LogP) is 2.10. The molecule has 0 radical (unpaired) electrons. The van der Waals surface area contributed by atoms with Crippen LogP contribution < -0.4 is 0 Å². The first-order valence-corrected chi connectivity index (χ1v) is 4.76. The molecule has 0 spiro atoms. The normalized spacial score (nSPS) is 15.1. The van der Waals surface area contributed by atoms with Crippen molar-refractivity contribution in [1.82, 2.24) is 0 Å². The molecule has 0 aliphatic carbocycles. The highest BCUT2D eigenvalue weighted by Gasteiger charge is 2.15. The van der Waals surface area contributed by atoms with E-state index < -0.39 is 0 Å². The molecule has 0 fully saturated rings. The Hall–Kier alpha value is -1.57. The zero-order chi connectivity index (χ0) is 9.80. The summed E-state index contributed by atoms with van der Waals surface area (Å²) in [5, 5.41) is 0. The first-order chi connectivity index (χ1) is 6.86. The Bertz CT molecular complexity index is 352. The van der Waals surface area contributed by atoms with Crippen molar-refractivity contribution in [2.45, 2.75) is 12.8 Å². The van der Waals surface area contributed by atoms with Gasteiger partial charge in [0.2, 0.25) is 0 Å². The highest BCUT2D eigenvalue weighted by Crippen LogP contribution is 2.14. The van der Waals surface area contributed by atoms with Gasteiger partial charge in [-0.25, -0.2) is 4.79 Å². The molecule has 2 rings (SSSR count). The second-order valence-electron chi connectivity index (χ2n) is 3.31. The van der Waals surface area contributed by atoms with Crippen LogP contribution in [0.15, 0.2) is 42.0 Å². The fraction of sp³-hybridized carbons (Fsp3) is 0.250. The van der Waals surface area contributed by atoms with Crippen LogP contribution in [0.5, 0.6) is 0 Å². The summed E-state index contributed by atoms with van der Waals surface area (Å²) in [6, 6.07) is 10.2. The molecular formula is C12H12O2. The molecule has 0 amide bonds. The second-order valence-corrected chi connectivity index (χ2v) is 3.31. The van der Waals surface area contributed by atoms with Crippen LogP contribution in [0.3, 0.4) is 0 Å². The first-order valence-electron chi connectivity index (χ1n) is 4.76. The van der Waals surface area contributed by atoms with Crippen LogP contribution in [0, 0.1) is 0 Å². The lowest BCUT2D eigenvalue weighted by Crippen LogP contribution is -2.00. The molecule has 0 atom stereocenters. The van der Waals surface area contributed by atoms with Crippen molar-refractivity contribution < 1.29 is 9.53 Å². The molecule has 0 bridgehead atoms. The smallest absolute Gasteiger partial charge is 0.334 e. The molecule has 0 N–H and O–H groups in total. The summed E-state index contributed by atoms with van der Waals surface area (Å²) in [6.45, 7) is 0.447. The van der Waals surface area contributed by atoms with Crippen molar-refractivity contribution in [2.24, 2.45) is 0 Å². The molecule has 14 heavy (non-hydrogen) atoms. The van der Waals surface area contributed by atoms with Crippen LogP contribution in [0.4, 0.5) is 0 Å². The quantitative estimate of drug-likeness (QED) is 0.679. The van der Waals surface area contributed by atoms with E-state index in [0.29, 0.717) is 6.61 Å². The fourth-order valence-corrected chi connectivity index (χ4v) is 1.52. The average Bonchev–Trinajstić information content (AvgIpc) is 2.63. The van der Waals surface area contributed by atoms with Gasteiger partial charge in [-0.2, -0.15) is 0 Å². The number of hydrogen-bond acceptors (Lipinski definition) is 2. The standard InChI is InChI=1S/C12H12O2/c13-12-11(8-9-14-12)7-6-10-4-2-1-3-5-10/h1-5,8H,6-7,9H2. The highest BCUT2D eigenvalue weighted by molar-refractivity contribution is 5.90. The third kappa shape index (κ3) is 2.02. The molecule has 1 aromatic carbocycles. The predicted molar refractivity (Wildman–Crippen MR) is 53.8 cm³/mol. The lowest BCUT2D eigenvalue weighted by atomic mass is 10.1. The van der Waals surface area contributed by atoms with Crippen molar-refractivity contribution in [1.29, 1.82) is 0 Å². The van der Waals surface area contributed by atoms with Crippen molar-refractivity contribution in [3.8, 4) is 0 Å². The Morgan fingerprint density at radius 3 is 2.57 bits per heavy atom. The van der Waals surface area contributed by atoms with E-state index in [4.69, 9.17) is 4.74 Å². The van der Waals surface area contributed by atoms with E-state index in [9.17, 15) is 4.79 Å². The zero-order valence-electron chi connectivity index (χ0n) is 7.90. The number of benzene rings is 1. The highest BCUT2D eigenvalue weighted by atomic mass is 16.5. The Morgan fingerprint density at radius 2 is 1.93 bits per heavy atom. The number of carbonyl (C=O) groups excluding carboxylic acids is 1. The summed E-state index contributed by atoms with van der Waals surface area (Å²) >= 11 is 0.